The predicted molar refractivity (Wildman–Crippen MR) is 102 cm³/mol. The second-order valence-corrected chi connectivity index (χ2v) is 6.31. The summed E-state index contributed by atoms with van der Waals surface area (Å²) >= 11 is 0. The Morgan fingerprint density at radius 2 is 2.00 bits per heavy atom. The SMILES string of the molecule is CC(CCC1=CC=CC=CC1)Nc1ccc(C(=O)c2ccco2)cc1. The van der Waals surface area contributed by atoms with Crippen LogP contribution in [0.4, 0.5) is 5.69 Å². The van der Waals surface area contributed by atoms with E-state index >= 15 is 0 Å². The van der Waals surface area contributed by atoms with Gasteiger partial charge in [-0.3, -0.25) is 4.79 Å². The normalized spacial score (nSPS) is 14.7. The first-order chi connectivity index (χ1) is 12.2. The summed E-state index contributed by atoms with van der Waals surface area (Å²) in [4.78, 5) is 12.2. The van der Waals surface area contributed by atoms with Crippen LogP contribution in [0.15, 0.2) is 83.0 Å². The zero-order valence-electron chi connectivity index (χ0n) is 14.4. The van der Waals surface area contributed by atoms with E-state index in [1.807, 2.05) is 24.3 Å². The summed E-state index contributed by atoms with van der Waals surface area (Å²) < 4.78 is 5.16. The maximum Gasteiger partial charge on any atom is 0.228 e. The van der Waals surface area contributed by atoms with Crippen molar-refractivity contribution in [3.8, 4) is 0 Å². The monoisotopic (exact) mass is 333 g/mol. The molecule has 25 heavy (non-hydrogen) atoms. The number of anilines is 1. The van der Waals surface area contributed by atoms with Crippen LogP contribution >= 0.6 is 0 Å². The Morgan fingerprint density at radius 3 is 2.76 bits per heavy atom. The number of carbonyl (C=O) groups excluding carboxylic acids is 1. The van der Waals surface area contributed by atoms with Gasteiger partial charge in [0.25, 0.3) is 0 Å². The van der Waals surface area contributed by atoms with Crippen LogP contribution in [0.5, 0.6) is 0 Å². The molecule has 128 valence electrons. The van der Waals surface area contributed by atoms with E-state index in [9.17, 15) is 4.79 Å². The third kappa shape index (κ3) is 4.83. The molecule has 1 aromatic heterocycles. The van der Waals surface area contributed by atoms with Gasteiger partial charge in [-0.25, -0.2) is 0 Å². The molecule has 0 bridgehead atoms. The van der Waals surface area contributed by atoms with Gasteiger partial charge in [-0.1, -0.05) is 36.0 Å². The van der Waals surface area contributed by atoms with E-state index in [0.29, 0.717) is 17.4 Å². The molecule has 0 aliphatic heterocycles. The van der Waals surface area contributed by atoms with Gasteiger partial charge in [-0.15, -0.1) is 0 Å². The molecule has 3 heteroatoms. The minimum Gasteiger partial charge on any atom is -0.461 e. The zero-order chi connectivity index (χ0) is 17.5. The van der Waals surface area contributed by atoms with Crippen LogP contribution in [0.2, 0.25) is 0 Å². The van der Waals surface area contributed by atoms with Crippen LogP contribution in [0.25, 0.3) is 0 Å². The standard InChI is InChI=1S/C22H23NO2/c1-17(10-11-18-7-4-2-3-5-8-18)23-20-14-12-19(13-15-20)22(24)21-9-6-16-25-21/h2-7,9,12-17,23H,8,10-11H2,1H3. The summed E-state index contributed by atoms with van der Waals surface area (Å²) in [6, 6.07) is 11.3. The summed E-state index contributed by atoms with van der Waals surface area (Å²) in [7, 11) is 0. The van der Waals surface area contributed by atoms with Crippen molar-refractivity contribution in [3.05, 3.63) is 89.9 Å². The number of rotatable bonds is 7. The third-order valence-electron chi connectivity index (χ3n) is 4.27. The van der Waals surface area contributed by atoms with Crippen molar-refractivity contribution in [1.82, 2.24) is 0 Å². The number of furan rings is 1. The molecule has 0 radical (unpaired) electrons. The number of nitrogens with one attached hydrogen (secondary N) is 1. The molecule has 1 N–H and O–H groups in total. The smallest absolute Gasteiger partial charge is 0.228 e. The minimum absolute atomic E-state index is 0.0917. The molecule has 0 amide bonds. The average Bonchev–Trinajstić information content (AvgIpc) is 3.04. The molecule has 0 saturated carbocycles. The van der Waals surface area contributed by atoms with Crippen molar-refractivity contribution < 1.29 is 9.21 Å². The van der Waals surface area contributed by atoms with Gasteiger partial charge in [0.15, 0.2) is 5.76 Å². The van der Waals surface area contributed by atoms with Crippen molar-refractivity contribution in [2.24, 2.45) is 0 Å². The van der Waals surface area contributed by atoms with Crippen LogP contribution in [0.1, 0.15) is 42.3 Å². The van der Waals surface area contributed by atoms with Crippen LogP contribution < -0.4 is 5.32 Å². The first-order valence-corrected chi connectivity index (χ1v) is 8.68. The quantitative estimate of drug-likeness (QED) is 0.677. The Kier molecular flexibility index (Phi) is 5.68. The van der Waals surface area contributed by atoms with E-state index < -0.39 is 0 Å². The van der Waals surface area contributed by atoms with Gasteiger partial charge in [0.2, 0.25) is 5.78 Å². The second-order valence-electron chi connectivity index (χ2n) is 6.31. The molecule has 0 saturated heterocycles. The largest absolute Gasteiger partial charge is 0.461 e. The van der Waals surface area contributed by atoms with Crippen molar-refractivity contribution in [2.75, 3.05) is 5.32 Å². The van der Waals surface area contributed by atoms with Crippen LogP contribution in [-0.4, -0.2) is 11.8 Å². The lowest BCUT2D eigenvalue weighted by molar-refractivity contribution is 0.101. The number of hydrogen-bond donors (Lipinski definition) is 1. The number of benzene rings is 1. The van der Waals surface area contributed by atoms with Gasteiger partial charge in [0.1, 0.15) is 0 Å². The Labute approximate surface area is 148 Å². The Morgan fingerprint density at radius 1 is 1.16 bits per heavy atom. The fourth-order valence-electron chi connectivity index (χ4n) is 2.83. The highest BCUT2D eigenvalue weighted by atomic mass is 16.3. The highest BCUT2D eigenvalue weighted by Crippen LogP contribution is 2.18. The molecular formula is C22H23NO2. The third-order valence-corrected chi connectivity index (χ3v) is 4.27. The molecule has 0 spiro atoms. The highest BCUT2D eigenvalue weighted by Gasteiger charge is 2.11. The molecule has 2 aromatic rings. The molecular weight excluding hydrogens is 310 g/mol. The minimum atomic E-state index is -0.0917. The molecule has 3 nitrogen and oxygen atoms in total. The number of carbonyl (C=O) groups is 1. The summed E-state index contributed by atoms with van der Waals surface area (Å²) in [5, 5.41) is 3.50. The van der Waals surface area contributed by atoms with Gasteiger partial charge < -0.3 is 9.73 Å². The maximum atomic E-state index is 12.2. The lowest BCUT2D eigenvalue weighted by atomic mass is 10.0. The summed E-state index contributed by atoms with van der Waals surface area (Å²) in [6.07, 6.45) is 15.4. The van der Waals surface area contributed by atoms with Gasteiger partial charge in [0.05, 0.1) is 6.26 Å². The summed E-state index contributed by atoms with van der Waals surface area (Å²) in [5.74, 6) is 0.278. The fourth-order valence-corrected chi connectivity index (χ4v) is 2.83. The average molecular weight is 333 g/mol. The van der Waals surface area contributed by atoms with E-state index in [-0.39, 0.29) is 5.78 Å². The van der Waals surface area contributed by atoms with Crippen molar-refractivity contribution in [2.45, 2.75) is 32.2 Å². The van der Waals surface area contributed by atoms with Crippen LogP contribution in [0, 0.1) is 0 Å². The Bertz CT molecular complexity index is 780. The van der Waals surface area contributed by atoms with Gasteiger partial charge in [0, 0.05) is 17.3 Å². The first kappa shape index (κ1) is 17.0. The summed E-state index contributed by atoms with van der Waals surface area (Å²) in [6.45, 7) is 2.19. The van der Waals surface area contributed by atoms with Crippen molar-refractivity contribution >= 4 is 11.5 Å². The molecule has 1 atom stereocenters. The Balaban J connectivity index is 1.52. The highest BCUT2D eigenvalue weighted by molar-refractivity contribution is 6.07. The number of ketones is 1. The van der Waals surface area contributed by atoms with Crippen LogP contribution in [-0.2, 0) is 0 Å². The second kappa shape index (κ2) is 8.34. The van der Waals surface area contributed by atoms with E-state index in [2.05, 4.69) is 42.6 Å². The zero-order valence-corrected chi connectivity index (χ0v) is 14.4. The molecule has 0 fully saturated rings. The first-order valence-electron chi connectivity index (χ1n) is 8.68. The van der Waals surface area contributed by atoms with E-state index in [1.54, 1.807) is 12.1 Å². The van der Waals surface area contributed by atoms with Crippen molar-refractivity contribution in [3.63, 3.8) is 0 Å². The van der Waals surface area contributed by atoms with Crippen molar-refractivity contribution in [1.29, 1.82) is 0 Å². The molecule has 1 unspecified atom stereocenters. The molecule has 1 heterocycles. The van der Waals surface area contributed by atoms with Crippen LogP contribution in [0.3, 0.4) is 0 Å². The lowest BCUT2D eigenvalue weighted by Crippen LogP contribution is -2.15. The molecule has 1 aliphatic carbocycles. The van der Waals surface area contributed by atoms with Gasteiger partial charge in [-0.05, 0) is 62.6 Å². The topological polar surface area (TPSA) is 42.2 Å². The molecule has 1 aliphatic rings. The van der Waals surface area contributed by atoms with E-state index in [1.165, 1.54) is 11.8 Å². The number of hydrogen-bond acceptors (Lipinski definition) is 3. The predicted octanol–water partition coefficient (Wildman–Crippen LogP) is 5.53. The maximum absolute atomic E-state index is 12.2. The van der Waals surface area contributed by atoms with E-state index in [4.69, 9.17) is 4.42 Å². The Hall–Kier alpha value is -2.81. The fraction of sp³-hybridized carbons (Fsp3) is 0.227. The summed E-state index contributed by atoms with van der Waals surface area (Å²) in [5.41, 5.74) is 3.12. The lowest BCUT2D eigenvalue weighted by Gasteiger charge is -2.16. The number of allylic oxidation sites excluding steroid dienone is 6. The molecule has 3 rings (SSSR count). The van der Waals surface area contributed by atoms with Gasteiger partial charge >= 0.3 is 0 Å². The van der Waals surface area contributed by atoms with E-state index in [0.717, 1.165) is 24.9 Å². The molecule has 1 aromatic carbocycles. The van der Waals surface area contributed by atoms with Gasteiger partial charge in [-0.2, -0.15) is 0 Å².